The number of rotatable bonds is 7. The minimum atomic E-state index is -0.991. The number of para-hydroxylation sites is 1. The van der Waals surface area contributed by atoms with Gasteiger partial charge in [-0.1, -0.05) is 23.7 Å². The van der Waals surface area contributed by atoms with Crippen LogP contribution < -0.4 is 14.8 Å². The lowest BCUT2D eigenvalue weighted by molar-refractivity contribution is -0.138. The molecule has 1 atom stereocenters. The number of halogens is 1. The third-order valence-corrected chi connectivity index (χ3v) is 5.24. The van der Waals surface area contributed by atoms with Crippen molar-refractivity contribution in [3.63, 3.8) is 0 Å². The maximum Gasteiger partial charge on any atom is 0.322 e. The van der Waals surface area contributed by atoms with E-state index in [0.29, 0.717) is 48.4 Å². The minimum absolute atomic E-state index is 0.220. The molecule has 2 aromatic carbocycles. The van der Waals surface area contributed by atoms with Crippen molar-refractivity contribution in [2.24, 2.45) is 0 Å². The molecule has 2 amide bonds. The van der Waals surface area contributed by atoms with Gasteiger partial charge in [0.1, 0.15) is 0 Å². The van der Waals surface area contributed by atoms with Crippen LogP contribution >= 0.6 is 11.6 Å². The first-order valence-corrected chi connectivity index (χ1v) is 10.3. The van der Waals surface area contributed by atoms with Gasteiger partial charge < -0.3 is 24.8 Å². The van der Waals surface area contributed by atoms with Crippen LogP contribution in [0, 0.1) is 0 Å². The number of carbonyl (C=O) groups is 2. The smallest absolute Gasteiger partial charge is 0.322 e. The first-order chi connectivity index (χ1) is 14.4. The zero-order chi connectivity index (χ0) is 21.7. The molecule has 1 heterocycles. The van der Waals surface area contributed by atoms with Gasteiger partial charge in [0.25, 0.3) is 0 Å². The fourth-order valence-corrected chi connectivity index (χ4v) is 3.81. The molecule has 7 nitrogen and oxygen atoms in total. The van der Waals surface area contributed by atoms with Gasteiger partial charge in [-0.25, -0.2) is 4.79 Å². The molecular formula is C22H25ClN2O5. The Morgan fingerprint density at radius 3 is 2.47 bits per heavy atom. The number of benzene rings is 2. The van der Waals surface area contributed by atoms with E-state index >= 15 is 0 Å². The second-order valence-electron chi connectivity index (χ2n) is 6.83. The zero-order valence-electron chi connectivity index (χ0n) is 17.0. The summed E-state index contributed by atoms with van der Waals surface area (Å²) in [5.41, 5.74) is 2.19. The average molecular weight is 433 g/mol. The number of hydrogen-bond donors (Lipinski definition) is 2. The summed E-state index contributed by atoms with van der Waals surface area (Å²) in [5, 5.41) is 12.7. The number of nitrogens with zero attached hydrogens (tertiary/aromatic N) is 1. The average Bonchev–Trinajstić information content (AvgIpc) is 2.70. The maximum absolute atomic E-state index is 13.0. The third-order valence-electron chi connectivity index (χ3n) is 4.91. The van der Waals surface area contributed by atoms with Gasteiger partial charge in [0.2, 0.25) is 0 Å². The summed E-state index contributed by atoms with van der Waals surface area (Å²) in [6, 6.07) is 9.58. The Morgan fingerprint density at radius 2 is 1.83 bits per heavy atom. The summed E-state index contributed by atoms with van der Waals surface area (Å²) < 4.78 is 11.4. The standard InChI is InChI=1S/C22H25ClN2O5/c1-3-29-19-11-14-9-10-25(22(28)24-17-8-6-5-7-16(17)23)18(13-21(26)27)15(14)12-20(19)30-4-2/h5-8,11-12,18H,3-4,9-10,13H2,1-2H3,(H,24,28)(H,26,27)/t18-/m1/s1. The molecule has 8 heteroatoms. The summed E-state index contributed by atoms with van der Waals surface area (Å²) >= 11 is 6.15. The monoisotopic (exact) mass is 432 g/mol. The molecule has 1 aliphatic heterocycles. The second-order valence-corrected chi connectivity index (χ2v) is 7.24. The molecule has 1 aliphatic rings. The van der Waals surface area contributed by atoms with Crippen LogP contribution in [0.5, 0.6) is 11.5 Å². The molecule has 0 aliphatic carbocycles. The molecule has 2 aromatic rings. The van der Waals surface area contributed by atoms with Gasteiger partial charge in [0.05, 0.1) is 36.4 Å². The summed E-state index contributed by atoms with van der Waals surface area (Å²) in [7, 11) is 0. The van der Waals surface area contributed by atoms with Crippen LogP contribution in [0.3, 0.4) is 0 Å². The van der Waals surface area contributed by atoms with Gasteiger partial charge in [-0.15, -0.1) is 0 Å². The van der Waals surface area contributed by atoms with E-state index in [1.54, 1.807) is 30.3 Å². The molecule has 0 aromatic heterocycles. The van der Waals surface area contributed by atoms with Crippen molar-refractivity contribution >= 4 is 29.3 Å². The van der Waals surface area contributed by atoms with Gasteiger partial charge in [-0.2, -0.15) is 0 Å². The van der Waals surface area contributed by atoms with Crippen LogP contribution in [-0.2, 0) is 11.2 Å². The summed E-state index contributed by atoms with van der Waals surface area (Å²) in [6.45, 7) is 5.07. The minimum Gasteiger partial charge on any atom is -0.490 e. The van der Waals surface area contributed by atoms with E-state index < -0.39 is 18.0 Å². The fourth-order valence-electron chi connectivity index (χ4n) is 3.62. The normalized spacial score (nSPS) is 15.3. The van der Waals surface area contributed by atoms with Crippen molar-refractivity contribution in [1.29, 1.82) is 0 Å². The van der Waals surface area contributed by atoms with Gasteiger partial charge in [-0.05, 0) is 55.7 Å². The van der Waals surface area contributed by atoms with Crippen molar-refractivity contribution < 1.29 is 24.2 Å². The van der Waals surface area contributed by atoms with Crippen LogP contribution in [0.15, 0.2) is 36.4 Å². The molecule has 0 radical (unpaired) electrons. The van der Waals surface area contributed by atoms with Crippen molar-refractivity contribution in [2.75, 3.05) is 25.1 Å². The SMILES string of the molecule is CCOc1cc2c(cc1OCC)[C@@H](CC(=O)O)N(C(=O)Nc1ccccc1Cl)CC2. The van der Waals surface area contributed by atoms with Crippen molar-refractivity contribution in [3.8, 4) is 11.5 Å². The van der Waals surface area contributed by atoms with Crippen LogP contribution in [0.25, 0.3) is 0 Å². The van der Waals surface area contributed by atoms with Crippen LogP contribution in [0.4, 0.5) is 10.5 Å². The molecule has 0 unspecified atom stereocenters. The topological polar surface area (TPSA) is 88.1 Å². The molecule has 0 bridgehead atoms. The highest BCUT2D eigenvalue weighted by Gasteiger charge is 2.34. The molecule has 2 N–H and O–H groups in total. The van der Waals surface area contributed by atoms with Crippen molar-refractivity contribution in [1.82, 2.24) is 4.90 Å². The first-order valence-electron chi connectivity index (χ1n) is 9.90. The lowest BCUT2D eigenvalue weighted by Gasteiger charge is -2.37. The number of carbonyl (C=O) groups excluding carboxylic acids is 1. The van der Waals surface area contributed by atoms with E-state index in [0.717, 1.165) is 11.1 Å². The predicted molar refractivity (Wildman–Crippen MR) is 115 cm³/mol. The number of urea groups is 1. The van der Waals surface area contributed by atoms with Gasteiger partial charge in [0.15, 0.2) is 11.5 Å². The highest BCUT2D eigenvalue weighted by atomic mass is 35.5. The number of amides is 2. The van der Waals surface area contributed by atoms with Crippen molar-refractivity contribution in [3.05, 3.63) is 52.5 Å². The van der Waals surface area contributed by atoms with Gasteiger partial charge in [0, 0.05) is 6.54 Å². The number of nitrogens with one attached hydrogen (secondary N) is 1. The zero-order valence-corrected chi connectivity index (χ0v) is 17.7. The Labute approximate surface area is 180 Å². The van der Waals surface area contributed by atoms with E-state index in [1.165, 1.54) is 4.90 Å². The molecule has 160 valence electrons. The lowest BCUT2D eigenvalue weighted by atomic mass is 9.90. The van der Waals surface area contributed by atoms with Gasteiger partial charge in [-0.3, -0.25) is 4.79 Å². The van der Waals surface area contributed by atoms with E-state index in [9.17, 15) is 14.7 Å². The van der Waals surface area contributed by atoms with E-state index in [1.807, 2.05) is 19.9 Å². The second kappa shape index (κ2) is 9.71. The number of anilines is 1. The summed E-state index contributed by atoms with van der Waals surface area (Å²) in [5.74, 6) is 0.179. The van der Waals surface area contributed by atoms with E-state index in [4.69, 9.17) is 21.1 Å². The summed E-state index contributed by atoms with van der Waals surface area (Å²) in [6.07, 6.45) is 0.358. The number of fused-ring (bicyclic) bond motifs is 1. The highest BCUT2D eigenvalue weighted by molar-refractivity contribution is 6.33. The quantitative estimate of drug-likeness (QED) is 0.659. The Kier molecular flexibility index (Phi) is 7.05. The highest BCUT2D eigenvalue weighted by Crippen LogP contribution is 2.40. The third kappa shape index (κ3) is 4.79. The largest absolute Gasteiger partial charge is 0.490 e. The Balaban J connectivity index is 1.96. The molecule has 0 fully saturated rings. The number of aliphatic carboxylic acids is 1. The molecule has 3 rings (SSSR count). The lowest BCUT2D eigenvalue weighted by Crippen LogP contribution is -2.43. The predicted octanol–water partition coefficient (Wildman–Crippen LogP) is 4.74. The number of hydrogen-bond acceptors (Lipinski definition) is 4. The van der Waals surface area contributed by atoms with Crippen LogP contribution in [0.2, 0.25) is 5.02 Å². The summed E-state index contributed by atoms with van der Waals surface area (Å²) in [4.78, 5) is 26.1. The number of carboxylic acid groups (broad SMARTS) is 1. The number of ether oxygens (including phenoxy) is 2. The van der Waals surface area contributed by atoms with Crippen LogP contribution in [0.1, 0.15) is 37.4 Å². The Morgan fingerprint density at radius 1 is 1.17 bits per heavy atom. The number of carboxylic acids is 1. The van der Waals surface area contributed by atoms with Crippen molar-refractivity contribution in [2.45, 2.75) is 32.7 Å². The molecule has 0 saturated heterocycles. The molecule has 30 heavy (non-hydrogen) atoms. The van der Waals surface area contributed by atoms with E-state index in [2.05, 4.69) is 5.32 Å². The first kappa shape index (κ1) is 21.8. The molecule has 0 spiro atoms. The van der Waals surface area contributed by atoms with Crippen LogP contribution in [-0.4, -0.2) is 41.8 Å². The Hall–Kier alpha value is -2.93. The van der Waals surface area contributed by atoms with E-state index in [-0.39, 0.29) is 6.42 Å². The fraction of sp³-hybridized carbons (Fsp3) is 0.364. The van der Waals surface area contributed by atoms with Gasteiger partial charge >= 0.3 is 12.0 Å². The molecular weight excluding hydrogens is 408 g/mol. The molecule has 0 saturated carbocycles. The maximum atomic E-state index is 13.0. The Bertz CT molecular complexity index is 934.